The summed E-state index contributed by atoms with van der Waals surface area (Å²) in [5.41, 5.74) is 1.24. The fourth-order valence-electron chi connectivity index (χ4n) is 2.34. The van der Waals surface area contributed by atoms with Gasteiger partial charge in [0.2, 0.25) is 0 Å². The van der Waals surface area contributed by atoms with Gasteiger partial charge in [0.25, 0.3) is 0 Å². The summed E-state index contributed by atoms with van der Waals surface area (Å²) >= 11 is 6.01. The van der Waals surface area contributed by atoms with Gasteiger partial charge in [0.1, 0.15) is 11.9 Å². The van der Waals surface area contributed by atoms with E-state index in [1.165, 1.54) is 5.56 Å². The Kier molecular flexibility index (Phi) is 6.09. The van der Waals surface area contributed by atoms with Crippen molar-refractivity contribution in [1.82, 2.24) is 5.32 Å². The molecule has 2 aromatic carbocycles. The number of hydrogen-bond acceptors (Lipinski definition) is 2. The van der Waals surface area contributed by atoms with Gasteiger partial charge < -0.3 is 10.1 Å². The highest BCUT2D eigenvalue weighted by atomic mass is 35.5. The summed E-state index contributed by atoms with van der Waals surface area (Å²) in [7, 11) is 0. The Hall–Kier alpha value is -1.51. The van der Waals surface area contributed by atoms with Crippen LogP contribution < -0.4 is 10.1 Å². The van der Waals surface area contributed by atoms with Crippen molar-refractivity contribution in [3.63, 3.8) is 0 Å². The molecule has 0 aliphatic heterocycles. The lowest BCUT2D eigenvalue weighted by Gasteiger charge is -2.26. The zero-order chi connectivity index (χ0) is 15.1. The predicted molar refractivity (Wildman–Crippen MR) is 89.0 cm³/mol. The average Bonchev–Trinajstić information content (AvgIpc) is 2.49. The lowest BCUT2D eigenvalue weighted by atomic mass is 10.0. The predicted octanol–water partition coefficient (Wildman–Crippen LogP) is 4.85. The van der Waals surface area contributed by atoms with Crippen molar-refractivity contribution in [2.45, 2.75) is 32.4 Å². The van der Waals surface area contributed by atoms with Crippen LogP contribution in [0.25, 0.3) is 0 Å². The molecule has 2 aromatic rings. The van der Waals surface area contributed by atoms with Gasteiger partial charge in [-0.25, -0.2) is 0 Å². The van der Waals surface area contributed by atoms with Gasteiger partial charge in [-0.1, -0.05) is 54.9 Å². The van der Waals surface area contributed by atoms with Gasteiger partial charge in [0.05, 0.1) is 6.04 Å². The smallest absolute Gasteiger partial charge is 0.121 e. The van der Waals surface area contributed by atoms with Crippen molar-refractivity contribution in [2.24, 2.45) is 0 Å². The lowest BCUT2D eigenvalue weighted by Crippen LogP contribution is -2.34. The zero-order valence-electron chi connectivity index (χ0n) is 12.6. The number of ether oxygens (including phenoxy) is 1. The van der Waals surface area contributed by atoms with E-state index in [0.717, 1.165) is 18.7 Å². The van der Waals surface area contributed by atoms with Crippen LogP contribution in [0, 0.1) is 0 Å². The second-order valence-corrected chi connectivity index (χ2v) is 5.56. The van der Waals surface area contributed by atoms with Gasteiger partial charge in [0.15, 0.2) is 0 Å². The van der Waals surface area contributed by atoms with Crippen LogP contribution >= 0.6 is 11.6 Å². The van der Waals surface area contributed by atoms with Crippen molar-refractivity contribution in [3.05, 3.63) is 65.2 Å². The Labute approximate surface area is 132 Å². The molecule has 1 N–H and O–H groups in total. The fourth-order valence-corrected chi connectivity index (χ4v) is 2.52. The molecule has 3 heteroatoms. The summed E-state index contributed by atoms with van der Waals surface area (Å²) in [5, 5.41) is 4.25. The molecule has 0 bridgehead atoms. The maximum atomic E-state index is 6.06. The second kappa shape index (κ2) is 8.06. The van der Waals surface area contributed by atoms with E-state index >= 15 is 0 Å². The van der Waals surface area contributed by atoms with E-state index < -0.39 is 0 Å². The Bertz CT molecular complexity index is 544. The molecule has 21 heavy (non-hydrogen) atoms. The maximum absolute atomic E-state index is 6.06. The molecule has 0 saturated heterocycles. The Morgan fingerprint density at radius 1 is 1.10 bits per heavy atom. The first-order valence-corrected chi connectivity index (χ1v) is 7.79. The maximum Gasteiger partial charge on any atom is 0.121 e. The van der Waals surface area contributed by atoms with Crippen LogP contribution in [0.2, 0.25) is 5.02 Å². The topological polar surface area (TPSA) is 21.3 Å². The summed E-state index contributed by atoms with van der Waals surface area (Å²) < 4.78 is 6.06. The number of halogens is 1. The Morgan fingerprint density at radius 3 is 2.52 bits per heavy atom. The zero-order valence-corrected chi connectivity index (χ0v) is 13.3. The van der Waals surface area contributed by atoms with Crippen molar-refractivity contribution in [1.29, 1.82) is 0 Å². The largest absolute Gasteiger partial charge is 0.489 e. The first-order valence-electron chi connectivity index (χ1n) is 7.41. The normalized spacial score (nSPS) is 13.7. The minimum atomic E-state index is 0.0115. The standard InChI is InChI=1S/C18H22ClNO/c1-3-12-20-18(15-8-5-4-6-9-15)14(2)21-17-11-7-10-16(19)13-17/h4-11,13-14,18,20H,3,12H2,1-2H3. The third-order valence-electron chi connectivity index (χ3n) is 3.36. The van der Waals surface area contributed by atoms with Crippen LogP contribution in [0.1, 0.15) is 31.9 Å². The molecule has 0 amide bonds. The van der Waals surface area contributed by atoms with Crippen LogP contribution in [0.15, 0.2) is 54.6 Å². The van der Waals surface area contributed by atoms with Crippen molar-refractivity contribution in [2.75, 3.05) is 6.54 Å². The van der Waals surface area contributed by atoms with Crippen molar-refractivity contribution in [3.8, 4) is 5.75 Å². The number of benzene rings is 2. The van der Waals surface area contributed by atoms with E-state index in [1.54, 1.807) is 0 Å². The molecule has 0 spiro atoms. The molecule has 0 heterocycles. The highest BCUT2D eigenvalue weighted by Crippen LogP contribution is 2.24. The summed E-state index contributed by atoms with van der Waals surface area (Å²) in [5.74, 6) is 0.800. The average molecular weight is 304 g/mol. The van der Waals surface area contributed by atoms with Crippen molar-refractivity contribution >= 4 is 11.6 Å². The van der Waals surface area contributed by atoms with Crippen LogP contribution in [0.3, 0.4) is 0 Å². The molecule has 2 atom stereocenters. The summed E-state index contributed by atoms with van der Waals surface area (Å²) in [6.07, 6.45) is 1.10. The first kappa shape index (κ1) is 15.9. The van der Waals surface area contributed by atoms with E-state index in [2.05, 4.69) is 43.4 Å². The van der Waals surface area contributed by atoms with Crippen LogP contribution in [-0.2, 0) is 0 Å². The monoisotopic (exact) mass is 303 g/mol. The minimum Gasteiger partial charge on any atom is -0.489 e. The highest BCUT2D eigenvalue weighted by Gasteiger charge is 2.20. The summed E-state index contributed by atoms with van der Waals surface area (Å²) in [6.45, 7) is 5.21. The number of nitrogens with one attached hydrogen (secondary N) is 1. The van der Waals surface area contributed by atoms with E-state index in [1.807, 2.05) is 30.3 Å². The molecule has 0 aromatic heterocycles. The third kappa shape index (κ3) is 4.76. The van der Waals surface area contributed by atoms with Crippen LogP contribution in [0.4, 0.5) is 0 Å². The Morgan fingerprint density at radius 2 is 1.86 bits per heavy atom. The van der Waals surface area contributed by atoms with Gasteiger partial charge >= 0.3 is 0 Å². The fraction of sp³-hybridized carbons (Fsp3) is 0.333. The second-order valence-electron chi connectivity index (χ2n) is 5.12. The minimum absolute atomic E-state index is 0.0115. The molecule has 2 rings (SSSR count). The number of hydrogen-bond donors (Lipinski definition) is 1. The molecule has 0 aliphatic rings. The van der Waals surface area contributed by atoms with Gasteiger partial charge in [-0.2, -0.15) is 0 Å². The highest BCUT2D eigenvalue weighted by molar-refractivity contribution is 6.30. The first-order chi connectivity index (χ1) is 10.2. The van der Waals surface area contributed by atoms with Crippen molar-refractivity contribution < 1.29 is 4.74 Å². The third-order valence-corrected chi connectivity index (χ3v) is 3.60. The molecular weight excluding hydrogens is 282 g/mol. The van der Waals surface area contributed by atoms with Gasteiger partial charge in [0, 0.05) is 5.02 Å². The van der Waals surface area contributed by atoms with Crippen LogP contribution in [0.5, 0.6) is 5.75 Å². The summed E-state index contributed by atoms with van der Waals surface area (Å²) in [6, 6.07) is 18.1. The summed E-state index contributed by atoms with van der Waals surface area (Å²) in [4.78, 5) is 0. The SMILES string of the molecule is CCCNC(c1ccccc1)C(C)Oc1cccc(Cl)c1. The lowest BCUT2D eigenvalue weighted by molar-refractivity contribution is 0.170. The van der Waals surface area contributed by atoms with E-state index in [-0.39, 0.29) is 12.1 Å². The van der Waals surface area contributed by atoms with E-state index in [9.17, 15) is 0 Å². The molecular formula is C18H22ClNO. The van der Waals surface area contributed by atoms with Gasteiger partial charge in [-0.05, 0) is 43.7 Å². The van der Waals surface area contributed by atoms with Crippen LogP contribution in [-0.4, -0.2) is 12.6 Å². The molecule has 2 nitrogen and oxygen atoms in total. The molecule has 0 radical (unpaired) electrons. The molecule has 2 unspecified atom stereocenters. The molecule has 0 saturated carbocycles. The van der Waals surface area contributed by atoms with Gasteiger partial charge in [-0.15, -0.1) is 0 Å². The molecule has 0 fully saturated rings. The van der Waals surface area contributed by atoms with Gasteiger partial charge in [-0.3, -0.25) is 0 Å². The Balaban J connectivity index is 2.12. The van der Waals surface area contributed by atoms with E-state index in [0.29, 0.717) is 5.02 Å². The number of rotatable bonds is 7. The quantitative estimate of drug-likeness (QED) is 0.789. The molecule has 112 valence electrons. The van der Waals surface area contributed by atoms with E-state index in [4.69, 9.17) is 16.3 Å². The molecule has 0 aliphatic carbocycles.